The van der Waals surface area contributed by atoms with Crippen molar-refractivity contribution in [1.82, 2.24) is 10.0 Å². The number of benzene rings is 2. The van der Waals surface area contributed by atoms with Crippen LogP contribution in [0.1, 0.15) is 6.42 Å². The fourth-order valence-corrected chi connectivity index (χ4v) is 4.20. The molecule has 2 N–H and O–H groups in total. The molecule has 3 rings (SSSR count). The first-order valence-electron chi connectivity index (χ1n) is 8.44. The molecule has 1 unspecified atom stereocenters. The van der Waals surface area contributed by atoms with Crippen LogP contribution in [0.4, 0.5) is 5.69 Å². The number of hydrogen-bond donors (Lipinski definition) is 2. The number of esters is 1. The maximum atomic E-state index is 12.7. The maximum Gasteiger partial charge on any atom is 0.328 e. The highest BCUT2D eigenvalue weighted by Crippen LogP contribution is 2.29. The van der Waals surface area contributed by atoms with Crippen LogP contribution in [0.25, 0.3) is 10.8 Å². The van der Waals surface area contributed by atoms with E-state index in [1.807, 2.05) is 31.1 Å². The predicted molar refractivity (Wildman–Crippen MR) is 101 cm³/mol. The monoisotopic (exact) mass is 391 g/mol. The Morgan fingerprint density at radius 2 is 1.89 bits per heavy atom. The molecule has 0 bridgehead atoms. The number of carbonyl (C=O) groups is 2. The lowest BCUT2D eigenvalue weighted by Crippen LogP contribution is -2.43. The number of fused-ring (bicyclic) bond motifs is 1. The minimum atomic E-state index is -3.92. The molecular formula is C18H21N3O5S. The Balaban J connectivity index is 1.80. The van der Waals surface area contributed by atoms with Crippen LogP contribution in [0, 0.1) is 0 Å². The van der Waals surface area contributed by atoms with Gasteiger partial charge in [-0.3, -0.25) is 4.79 Å². The number of amides is 1. The van der Waals surface area contributed by atoms with Gasteiger partial charge in [-0.1, -0.05) is 24.3 Å². The second-order valence-corrected chi connectivity index (χ2v) is 8.16. The number of nitrogens with one attached hydrogen (secondary N) is 2. The number of anilines is 1. The van der Waals surface area contributed by atoms with Crippen molar-refractivity contribution in [3.8, 4) is 0 Å². The molecule has 1 amide bonds. The first kappa shape index (κ1) is 19.1. The zero-order chi connectivity index (χ0) is 19.6. The minimum Gasteiger partial charge on any atom is -0.464 e. The molecule has 0 aliphatic carbocycles. The average molecular weight is 391 g/mol. The highest BCUT2D eigenvalue weighted by atomic mass is 32.2. The van der Waals surface area contributed by atoms with Gasteiger partial charge in [0, 0.05) is 37.0 Å². The van der Waals surface area contributed by atoms with E-state index in [0.717, 1.165) is 11.1 Å². The highest BCUT2D eigenvalue weighted by molar-refractivity contribution is 7.89. The lowest BCUT2D eigenvalue weighted by molar-refractivity contribution is -0.141. The van der Waals surface area contributed by atoms with Crippen LogP contribution in [0.3, 0.4) is 0 Å². The molecule has 2 aromatic rings. The van der Waals surface area contributed by atoms with Gasteiger partial charge >= 0.3 is 5.97 Å². The number of ether oxygens (including phenoxy) is 1. The normalized spacial score (nSPS) is 17.0. The maximum absolute atomic E-state index is 12.7. The van der Waals surface area contributed by atoms with Crippen molar-refractivity contribution in [2.24, 2.45) is 0 Å². The van der Waals surface area contributed by atoms with Gasteiger partial charge in [-0.25, -0.2) is 17.9 Å². The lowest BCUT2D eigenvalue weighted by atomic mass is 10.1. The summed E-state index contributed by atoms with van der Waals surface area (Å²) in [5.41, 5.74) is 0.891. The van der Waals surface area contributed by atoms with Crippen LogP contribution >= 0.6 is 0 Å². The summed E-state index contributed by atoms with van der Waals surface area (Å²) in [6.07, 6.45) is 0.383. The number of cyclic esters (lactones) is 1. The molecule has 0 saturated carbocycles. The number of sulfonamides is 1. The molecule has 9 heteroatoms. The van der Waals surface area contributed by atoms with E-state index in [1.54, 1.807) is 18.2 Å². The van der Waals surface area contributed by atoms with Gasteiger partial charge in [0.1, 0.15) is 6.04 Å². The lowest BCUT2D eigenvalue weighted by Gasteiger charge is -2.17. The van der Waals surface area contributed by atoms with Crippen LogP contribution in [0.15, 0.2) is 41.3 Å². The second-order valence-electron chi connectivity index (χ2n) is 6.42. The van der Waals surface area contributed by atoms with E-state index in [0.29, 0.717) is 11.8 Å². The van der Waals surface area contributed by atoms with E-state index in [4.69, 9.17) is 4.74 Å². The first-order valence-corrected chi connectivity index (χ1v) is 9.92. The molecule has 1 atom stereocenters. The van der Waals surface area contributed by atoms with E-state index >= 15 is 0 Å². The highest BCUT2D eigenvalue weighted by Gasteiger charge is 2.28. The Hall–Kier alpha value is -2.65. The zero-order valence-corrected chi connectivity index (χ0v) is 15.9. The summed E-state index contributed by atoms with van der Waals surface area (Å²) in [5.74, 6) is -1.09. The fourth-order valence-electron chi connectivity index (χ4n) is 3.00. The van der Waals surface area contributed by atoms with Crippen LogP contribution in [-0.2, 0) is 24.3 Å². The summed E-state index contributed by atoms with van der Waals surface area (Å²) in [6.45, 7) is -0.213. The quantitative estimate of drug-likeness (QED) is 0.700. The molecule has 1 aliphatic rings. The number of rotatable bonds is 6. The van der Waals surface area contributed by atoms with Gasteiger partial charge in [-0.05, 0) is 12.1 Å². The fraction of sp³-hybridized carbons (Fsp3) is 0.333. The molecule has 144 valence electrons. The Kier molecular flexibility index (Phi) is 5.33. The third kappa shape index (κ3) is 4.04. The third-order valence-corrected chi connectivity index (χ3v) is 5.78. The summed E-state index contributed by atoms with van der Waals surface area (Å²) < 4.78 is 32.5. The van der Waals surface area contributed by atoms with Gasteiger partial charge in [0.15, 0.2) is 0 Å². The van der Waals surface area contributed by atoms with Crippen LogP contribution in [-0.4, -0.2) is 53.6 Å². The van der Waals surface area contributed by atoms with Crippen molar-refractivity contribution in [1.29, 1.82) is 0 Å². The largest absolute Gasteiger partial charge is 0.464 e. The number of carbonyl (C=O) groups excluding carboxylic acids is 2. The van der Waals surface area contributed by atoms with Crippen molar-refractivity contribution >= 4 is 38.4 Å². The van der Waals surface area contributed by atoms with Crippen molar-refractivity contribution in [2.45, 2.75) is 17.4 Å². The van der Waals surface area contributed by atoms with Crippen molar-refractivity contribution in [3.05, 3.63) is 36.4 Å². The number of nitrogens with zero attached hydrogens (tertiary/aromatic N) is 1. The Morgan fingerprint density at radius 3 is 2.56 bits per heavy atom. The van der Waals surface area contributed by atoms with Crippen LogP contribution < -0.4 is 14.9 Å². The second kappa shape index (κ2) is 7.53. The van der Waals surface area contributed by atoms with Crippen LogP contribution in [0.2, 0.25) is 0 Å². The Bertz CT molecular complexity index is 988. The summed E-state index contributed by atoms with van der Waals surface area (Å²) >= 11 is 0. The SMILES string of the molecule is CN(C)c1cccc2c(S(=O)(=O)NCC(=O)NC3CCOC3=O)cccc12. The molecule has 1 saturated heterocycles. The van der Waals surface area contributed by atoms with Crippen molar-refractivity contribution < 1.29 is 22.7 Å². The Labute approximate surface area is 157 Å². The van der Waals surface area contributed by atoms with Gasteiger partial charge in [0.2, 0.25) is 15.9 Å². The third-order valence-electron chi connectivity index (χ3n) is 4.32. The van der Waals surface area contributed by atoms with Gasteiger partial charge in [-0.2, -0.15) is 0 Å². The standard InChI is InChI=1S/C18H21N3O5S/c1-21(2)15-7-3-6-13-12(15)5-4-8-16(13)27(24,25)19-11-17(22)20-14-9-10-26-18(14)23/h3-8,14,19H,9-11H2,1-2H3,(H,20,22). The molecular weight excluding hydrogens is 370 g/mol. The average Bonchev–Trinajstić information content (AvgIpc) is 3.03. The predicted octanol–water partition coefficient (Wildman–Crippen LogP) is 0.616. The molecule has 1 heterocycles. The molecule has 1 fully saturated rings. The summed E-state index contributed by atoms with van der Waals surface area (Å²) in [4.78, 5) is 25.4. The number of hydrogen-bond acceptors (Lipinski definition) is 6. The Morgan fingerprint density at radius 1 is 1.19 bits per heavy atom. The van der Waals surface area contributed by atoms with E-state index in [1.165, 1.54) is 6.07 Å². The van der Waals surface area contributed by atoms with E-state index in [2.05, 4.69) is 10.0 Å². The molecule has 0 aromatic heterocycles. The van der Waals surface area contributed by atoms with E-state index in [9.17, 15) is 18.0 Å². The van der Waals surface area contributed by atoms with Gasteiger partial charge in [0.25, 0.3) is 0 Å². The summed E-state index contributed by atoms with van der Waals surface area (Å²) in [7, 11) is -0.154. The summed E-state index contributed by atoms with van der Waals surface area (Å²) in [5, 5.41) is 3.83. The van der Waals surface area contributed by atoms with Crippen LogP contribution in [0.5, 0.6) is 0 Å². The molecule has 2 aromatic carbocycles. The molecule has 1 aliphatic heterocycles. The first-order chi connectivity index (χ1) is 12.8. The van der Waals surface area contributed by atoms with E-state index in [-0.39, 0.29) is 11.5 Å². The van der Waals surface area contributed by atoms with E-state index < -0.39 is 34.5 Å². The minimum absolute atomic E-state index is 0.0942. The molecule has 0 radical (unpaired) electrons. The molecule has 0 spiro atoms. The smallest absolute Gasteiger partial charge is 0.328 e. The van der Waals surface area contributed by atoms with Crippen molar-refractivity contribution in [2.75, 3.05) is 32.1 Å². The van der Waals surface area contributed by atoms with Crippen molar-refractivity contribution in [3.63, 3.8) is 0 Å². The zero-order valence-electron chi connectivity index (χ0n) is 15.1. The van der Waals surface area contributed by atoms with Gasteiger partial charge in [0.05, 0.1) is 18.0 Å². The van der Waals surface area contributed by atoms with Gasteiger partial charge < -0.3 is 15.0 Å². The molecule has 27 heavy (non-hydrogen) atoms. The summed E-state index contributed by atoms with van der Waals surface area (Å²) in [6, 6.07) is 9.71. The van der Waals surface area contributed by atoms with Gasteiger partial charge in [-0.15, -0.1) is 0 Å². The molecule has 8 nitrogen and oxygen atoms in total. The topological polar surface area (TPSA) is 105 Å².